The predicted octanol–water partition coefficient (Wildman–Crippen LogP) is 3.22. The normalized spacial score (nSPS) is 25.7. The average Bonchev–Trinajstić information content (AvgIpc) is 2.75. The number of ether oxygens (including phenoxy) is 1. The van der Waals surface area contributed by atoms with E-state index in [4.69, 9.17) is 16.3 Å². The third kappa shape index (κ3) is 5.99. The van der Waals surface area contributed by atoms with Gasteiger partial charge in [-0.1, -0.05) is 38.3 Å². The molecule has 1 aliphatic heterocycles. The molecule has 0 aromatic heterocycles. The molecule has 1 aromatic rings. The molecule has 1 aliphatic carbocycles. The van der Waals surface area contributed by atoms with Gasteiger partial charge in [0, 0.05) is 24.2 Å². The third-order valence-electron chi connectivity index (χ3n) is 6.64. The van der Waals surface area contributed by atoms with Crippen molar-refractivity contribution in [2.24, 2.45) is 17.8 Å². The van der Waals surface area contributed by atoms with Crippen molar-refractivity contribution in [2.75, 3.05) is 19.7 Å². The summed E-state index contributed by atoms with van der Waals surface area (Å²) in [6.45, 7) is 4.51. The second-order valence-electron chi connectivity index (χ2n) is 8.68. The Kier molecular flexibility index (Phi) is 7.99. The Balaban J connectivity index is 1.45. The van der Waals surface area contributed by atoms with Gasteiger partial charge in [-0.25, -0.2) is 8.42 Å². The van der Waals surface area contributed by atoms with E-state index in [2.05, 4.69) is 19.2 Å². The minimum Gasteiger partial charge on any atom is -0.455 e. The topological polar surface area (TPSA) is 92.8 Å². The van der Waals surface area contributed by atoms with Crippen LogP contribution in [0.5, 0.6) is 0 Å². The highest BCUT2D eigenvalue weighted by Gasteiger charge is 2.33. The van der Waals surface area contributed by atoms with E-state index in [1.807, 2.05) is 0 Å². The minimum absolute atomic E-state index is 0.122. The lowest BCUT2D eigenvalue weighted by molar-refractivity contribution is -0.154. The van der Waals surface area contributed by atoms with Crippen LogP contribution in [-0.4, -0.2) is 50.3 Å². The molecule has 9 heteroatoms. The van der Waals surface area contributed by atoms with Gasteiger partial charge < -0.3 is 10.1 Å². The fourth-order valence-corrected chi connectivity index (χ4v) is 5.97. The first-order valence-corrected chi connectivity index (χ1v) is 12.7. The standard InChI is InChI=1S/C22H31ClN2O5S/c1-15-4-3-5-20(16(15)2)24-21(26)14-30-22(27)17-10-12-25(13-11-17)31(28,29)19-8-6-18(23)7-9-19/h6-9,15-17,20H,3-5,10-14H2,1-2H3,(H,24,26)/t15-,16+,20-/m1/s1. The molecule has 1 saturated carbocycles. The van der Waals surface area contributed by atoms with E-state index in [1.54, 1.807) is 12.1 Å². The van der Waals surface area contributed by atoms with E-state index in [0.717, 1.165) is 12.8 Å². The van der Waals surface area contributed by atoms with Gasteiger partial charge in [0.25, 0.3) is 5.91 Å². The summed E-state index contributed by atoms with van der Waals surface area (Å²) in [5.41, 5.74) is 0. The fourth-order valence-electron chi connectivity index (χ4n) is 4.38. The van der Waals surface area contributed by atoms with Crippen LogP contribution in [0.2, 0.25) is 5.02 Å². The van der Waals surface area contributed by atoms with Gasteiger partial charge in [0.05, 0.1) is 10.8 Å². The minimum atomic E-state index is -3.62. The zero-order valence-corrected chi connectivity index (χ0v) is 19.6. The van der Waals surface area contributed by atoms with Crippen LogP contribution < -0.4 is 5.32 Å². The van der Waals surface area contributed by atoms with Gasteiger partial charge in [0.2, 0.25) is 10.0 Å². The molecule has 3 rings (SSSR count). The summed E-state index contributed by atoms with van der Waals surface area (Å²) >= 11 is 5.83. The Bertz CT molecular complexity index is 882. The molecule has 0 unspecified atom stereocenters. The number of piperidine rings is 1. The van der Waals surface area contributed by atoms with Crippen molar-refractivity contribution in [1.82, 2.24) is 9.62 Å². The highest BCUT2D eigenvalue weighted by atomic mass is 35.5. The van der Waals surface area contributed by atoms with Crippen molar-refractivity contribution in [1.29, 1.82) is 0 Å². The second kappa shape index (κ2) is 10.3. The first-order valence-electron chi connectivity index (χ1n) is 10.9. The van der Waals surface area contributed by atoms with Crippen molar-refractivity contribution in [3.05, 3.63) is 29.3 Å². The zero-order chi connectivity index (χ0) is 22.6. The quantitative estimate of drug-likeness (QED) is 0.644. The maximum atomic E-state index is 12.7. The Morgan fingerprint density at radius 2 is 1.74 bits per heavy atom. The number of carbonyl (C=O) groups is 2. The molecule has 1 aromatic carbocycles. The first kappa shape index (κ1) is 24.0. The van der Waals surface area contributed by atoms with Crippen LogP contribution in [0, 0.1) is 17.8 Å². The van der Waals surface area contributed by atoms with Crippen LogP contribution in [-0.2, 0) is 24.3 Å². The third-order valence-corrected chi connectivity index (χ3v) is 8.80. The lowest BCUT2D eigenvalue weighted by atomic mass is 9.78. The Morgan fingerprint density at radius 3 is 2.39 bits per heavy atom. The molecule has 172 valence electrons. The average molecular weight is 471 g/mol. The molecule has 0 spiro atoms. The number of carbonyl (C=O) groups excluding carboxylic acids is 2. The van der Waals surface area contributed by atoms with Crippen LogP contribution in [0.25, 0.3) is 0 Å². The number of hydrogen-bond donors (Lipinski definition) is 1. The lowest BCUT2D eigenvalue weighted by Crippen LogP contribution is -2.45. The number of sulfonamides is 1. The number of rotatable bonds is 6. The number of amides is 1. The summed E-state index contributed by atoms with van der Waals surface area (Å²) < 4.78 is 32.1. The van der Waals surface area contributed by atoms with Crippen molar-refractivity contribution in [3.63, 3.8) is 0 Å². The molecule has 0 radical (unpaired) electrons. The number of hydrogen-bond acceptors (Lipinski definition) is 5. The van der Waals surface area contributed by atoms with Gasteiger partial charge in [-0.3, -0.25) is 9.59 Å². The monoisotopic (exact) mass is 470 g/mol. The van der Waals surface area contributed by atoms with Crippen LogP contribution in [0.15, 0.2) is 29.2 Å². The highest BCUT2D eigenvalue weighted by molar-refractivity contribution is 7.89. The Morgan fingerprint density at radius 1 is 1.10 bits per heavy atom. The molecule has 2 aliphatic rings. The van der Waals surface area contributed by atoms with Gasteiger partial charge in [-0.2, -0.15) is 4.31 Å². The van der Waals surface area contributed by atoms with E-state index in [1.165, 1.54) is 22.9 Å². The Labute approximate surface area is 189 Å². The van der Waals surface area contributed by atoms with Gasteiger partial charge in [0.15, 0.2) is 6.61 Å². The van der Waals surface area contributed by atoms with E-state index in [0.29, 0.717) is 29.7 Å². The van der Waals surface area contributed by atoms with E-state index in [-0.39, 0.29) is 36.5 Å². The van der Waals surface area contributed by atoms with Crippen molar-refractivity contribution >= 4 is 33.5 Å². The SMILES string of the molecule is C[C@H]1[C@H](C)CCC[C@H]1NC(=O)COC(=O)C1CCN(S(=O)(=O)c2ccc(Cl)cc2)CC1. The van der Waals surface area contributed by atoms with Crippen LogP contribution in [0.1, 0.15) is 46.0 Å². The summed E-state index contributed by atoms with van der Waals surface area (Å²) in [7, 11) is -3.62. The van der Waals surface area contributed by atoms with Crippen LogP contribution >= 0.6 is 11.6 Å². The summed E-state index contributed by atoms with van der Waals surface area (Å²) in [4.78, 5) is 24.8. The smallest absolute Gasteiger partial charge is 0.309 e. The van der Waals surface area contributed by atoms with Crippen LogP contribution in [0.4, 0.5) is 0 Å². The Hall–Kier alpha value is -1.64. The maximum Gasteiger partial charge on any atom is 0.309 e. The van der Waals surface area contributed by atoms with E-state index >= 15 is 0 Å². The number of nitrogens with one attached hydrogen (secondary N) is 1. The first-order chi connectivity index (χ1) is 14.7. The van der Waals surface area contributed by atoms with Crippen LogP contribution in [0.3, 0.4) is 0 Å². The zero-order valence-electron chi connectivity index (χ0n) is 18.1. The van der Waals surface area contributed by atoms with Gasteiger partial charge in [0.1, 0.15) is 0 Å². The summed E-state index contributed by atoms with van der Waals surface area (Å²) in [6.07, 6.45) is 3.95. The van der Waals surface area contributed by atoms with Gasteiger partial charge in [-0.15, -0.1) is 0 Å². The molecule has 1 heterocycles. The largest absolute Gasteiger partial charge is 0.455 e. The molecule has 3 atom stereocenters. The summed E-state index contributed by atoms with van der Waals surface area (Å²) in [6, 6.07) is 6.16. The number of esters is 1. The molecule has 1 amide bonds. The molecule has 7 nitrogen and oxygen atoms in total. The lowest BCUT2D eigenvalue weighted by Gasteiger charge is -2.34. The van der Waals surface area contributed by atoms with Gasteiger partial charge in [-0.05, 0) is 55.4 Å². The molecule has 1 saturated heterocycles. The molecular weight excluding hydrogens is 440 g/mol. The van der Waals surface area contributed by atoms with Crippen molar-refractivity contribution < 1.29 is 22.7 Å². The molecule has 31 heavy (non-hydrogen) atoms. The molecule has 1 N–H and O–H groups in total. The number of benzene rings is 1. The summed E-state index contributed by atoms with van der Waals surface area (Å²) in [5, 5.41) is 3.46. The van der Waals surface area contributed by atoms with Crippen molar-refractivity contribution in [3.8, 4) is 0 Å². The molecule has 2 fully saturated rings. The predicted molar refractivity (Wildman–Crippen MR) is 118 cm³/mol. The van der Waals surface area contributed by atoms with E-state index in [9.17, 15) is 18.0 Å². The number of nitrogens with zero attached hydrogens (tertiary/aromatic N) is 1. The molecule has 0 bridgehead atoms. The summed E-state index contributed by atoms with van der Waals surface area (Å²) in [5.74, 6) is -0.153. The van der Waals surface area contributed by atoms with Crippen molar-refractivity contribution in [2.45, 2.75) is 56.9 Å². The van der Waals surface area contributed by atoms with Gasteiger partial charge >= 0.3 is 5.97 Å². The van der Waals surface area contributed by atoms with E-state index < -0.39 is 21.9 Å². The fraction of sp³-hybridized carbons (Fsp3) is 0.636. The highest BCUT2D eigenvalue weighted by Crippen LogP contribution is 2.29. The maximum absolute atomic E-state index is 12.7. The molecular formula is C22H31ClN2O5S. The second-order valence-corrected chi connectivity index (χ2v) is 11.1. The number of halogens is 1.